The van der Waals surface area contributed by atoms with E-state index in [0.29, 0.717) is 26.5 Å². The molecule has 3 atom stereocenters. The van der Waals surface area contributed by atoms with Crippen LogP contribution in [-0.2, 0) is 15.1 Å². The lowest BCUT2D eigenvalue weighted by molar-refractivity contribution is -0.159. The molecule has 1 amide bonds. The molecular weight excluding hydrogens is 475 g/mol. The smallest absolute Gasteiger partial charge is 0.332 e. The van der Waals surface area contributed by atoms with Crippen molar-refractivity contribution in [3.05, 3.63) is 69.9 Å². The average molecular weight is 493 g/mol. The van der Waals surface area contributed by atoms with Gasteiger partial charge in [0, 0.05) is 27.3 Å². The number of amides is 1. The van der Waals surface area contributed by atoms with E-state index >= 15 is 0 Å². The maximum absolute atomic E-state index is 14.9. The fourth-order valence-electron chi connectivity index (χ4n) is 3.77. The average Bonchev–Trinajstić information content (AvgIpc) is 2.75. The van der Waals surface area contributed by atoms with Crippen molar-refractivity contribution in [1.82, 2.24) is 5.32 Å². The number of ether oxygens (including phenoxy) is 1. The number of hydrogen-bond donors (Lipinski definition) is 2. The van der Waals surface area contributed by atoms with Gasteiger partial charge in [0.15, 0.2) is 11.3 Å². The Bertz CT molecular complexity index is 1020. The van der Waals surface area contributed by atoms with Gasteiger partial charge in [-0.25, -0.2) is 14.2 Å². The van der Waals surface area contributed by atoms with Gasteiger partial charge in [0.2, 0.25) is 0 Å². The van der Waals surface area contributed by atoms with Gasteiger partial charge >= 0.3 is 5.97 Å². The third-order valence-electron chi connectivity index (χ3n) is 5.33. The normalized spacial score (nSPS) is 25.7. The van der Waals surface area contributed by atoms with Crippen molar-refractivity contribution in [1.29, 1.82) is 0 Å². The van der Waals surface area contributed by atoms with E-state index < -0.39 is 23.4 Å². The molecule has 0 radical (unpaired) electrons. The topological polar surface area (TPSA) is 88.0 Å². The Morgan fingerprint density at radius 1 is 1.27 bits per heavy atom. The van der Waals surface area contributed by atoms with E-state index in [1.165, 1.54) is 17.8 Å². The fraction of sp³-hybridized carbons (Fsp3) is 0.286. The zero-order valence-corrected chi connectivity index (χ0v) is 18.1. The summed E-state index contributed by atoms with van der Waals surface area (Å²) in [5.41, 5.74) is -0.321. The second-order valence-corrected chi connectivity index (χ2v) is 9.09. The van der Waals surface area contributed by atoms with Crippen LogP contribution in [0.1, 0.15) is 22.3 Å². The molecule has 0 aliphatic carbocycles. The van der Waals surface area contributed by atoms with Gasteiger partial charge in [-0.2, -0.15) is 0 Å². The van der Waals surface area contributed by atoms with Gasteiger partial charge < -0.3 is 15.2 Å². The standard InChI is InChI=1S/C21H18BrFN2O4S/c22-14-6-7-16(23)15(9-14)21-11-29-17(19(27)28)8-13(21)10-30-20(25-21)24-18(26)12-4-2-1-3-5-12/h1-7,9,13,17H,8,10-11H2,(H,27,28)(H,24,25,26)/t13-,17+,21-/m0/s1. The minimum atomic E-state index is -1.12. The van der Waals surface area contributed by atoms with Crippen LogP contribution in [0.5, 0.6) is 0 Å². The SMILES string of the molecule is O=C(NC1=N[C@@]2(c3cc(Br)ccc3F)CO[C@@H](C(=O)O)C[C@H]2CS1)c1ccccc1. The summed E-state index contributed by atoms with van der Waals surface area (Å²) >= 11 is 4.70. The van der Waals surface area contributed by atoms with E-state index in [0.717, 1.165) is 0 Å². The molecule has 0 saturated carbocycles. The highest BCUT2D eigenvalue weighted by Crippen LogP contribution is 2.47. The number of carbonyl (C=O) groups excluding carboxylic acids is 1. The number of aliphatic imine (C=N–C) groups is 1. The number of carboxylic acid groups (broad SMARTS) is 1. The van der Waals surface area contributed by atoms with Crippen molar-refractivity contribution in [2.75, 3.05) is 12.4 Å². The van der Waals surface area contributed by atoms with Crippen LogP contribution in [0, 0.1) is 11.7 Å². The van der Waals surface area contributed by atoms with Crippen LogP contribution in [0.25, 0.3) is 0 Å². The molecule has 0 spiro atoms. The lowest BCUT2D eigenvalue weighted by Crippen LogP contribution is -2.52. The van der Waals surface area contributed by atoms with Gasteiger partial charge in [0.25, 0.3) is 5.91 Å². The quantitative estimate of drug-likeness (QED) is 0.679. The molecule has 2 aromatic rings. The van der Waals surface area contributed by atoms with E-state index in [4.69, 9.17) is 9.73 Å². The zero-order valence-electron chi connectivity index (χ0n) is 15.7. The Hall–Kier alpha value is -2.23. The van der Waals surface area contributed by atoms with Crippen LogP contribution in [0.4, 0.5) is 4.39 Å². The van der Waals surface area contributed by atoms with Gasteiger partial charge in [-0.15, -0.1) is 0 Å². The van der Waals surface area contributed by atoms with Crippen molar-refractivity contribution in [3.8, 4) is 0 Å². The molecule has 156 valence electrons. The van der Waals surface area contributed by atoms with Crippen molar-refractivity contribution < 1.29 is 23.8 Å². The Kier molecular flexibility index (Phi) is 5.95. The molecule has 1 fully saturated rings. The number of aliphatic carboxylic acids is 1. The number of carbonyl (C=O) groups is 2. The van der Waals surface area contributed by atoms with Crippen LogP contribution < -0.4 is 5.32 Å². The minimum absolute atomic E-state index is 0.0900. The molecule has 9 heteroatoms. The van der Waals surface area contributed by atoms with Crippen molar-refractivity contribution >= 4 is 44.7 Å². The number of halogens is 2. The minimum Gasteiger partial charge on any atom is -0.479 e. The lowest BCUT2D eigenvalue weighted by Gasteiger charge is -2.45. The molecule has 0 unspecified atom stereocenters. The number of rotatable bonds is 3. The Morgan fingerprint density at radius 2 is 2.03 bits per heavy atom. The number of benzene rings is 2. The summed E-state index contributed by atoms with van der Waals surface area (Å²) in [4.78, 5) is 28.8. The number of fused-ring (bicyclic) bond motifs is 1. The number of nitrogens with zero attached hydrogens (tertiary/aromatic N) is 1. The van der Waals surface area contributed by atoms with Gasteiger partial charge in [0.1, 0.15) is 11.4 Å². The molecular formula is C21H18BrFN2O4S. The Labute approximate surface area is 185 Å². The first-order valence-electron chi connectivity index (χ1n) is 9.28. The molecule has 2 heterocycles. The van der Waals surface area contributed by atoms with Gasteiger partial charge in [-0.05, 0) is 36.8 Å². The van der Waals surface area contributed by atoms with E-state index in [1.54, 1.807) is 36.4 Å². The molecule has 2 N–H and O–H groups in total. The van der Waals surface area contributed by atoms with E-state index in [-0.39, 0.29) is 24.9 Å². The van der Waals surface area contributed by atoms with Gasteiger partial charge in [0.05, 0.1) is 6.61 Å². The fourth-order valence-corrected chi connectivity index (χ4v) is 5.30. The van der Waals surface area contributed by atoms with Crippen LogP contribution >= 0.6 is 27.7 Å². The summed E-state index contributed by atoms with van der Waals surface area (Å²) in [7, 11) is 0. The summed E-state index contributed by atoms with van der Waals surface area (Å²) in [5, 5.41) is 12.5. The molecule has 0 aromatic heterocycles. The van der Waals surface area contributed by atoms with Gasteiger partial charge in [-0.3, -0.25) is 4.79 Å². The first-order valence-corrected chi connectivity index (χ1v) is 11.1. The highest BCUT2D eigenvalue weighted by Gasteiger charge is 2.51. The molecule has 4 rings (SSSR count). The summed E-state index contributed by atoms with van der Waals surface area (Å²) < 4.78 is 21.1. The first-order chi connectivity index (χ1) is 14.4. The van der Waals surface area contributed by atoms with Crippen molar-refractivity contribution in [2.24, 2.45) is 10.9 Å². The second-order valence-electron chi connectivity index (χ2n) is 7.17. The number of thioether (sulfide) groups is 1. The predicted octanol–water partition coefficient (Wildman–Crippen LogP) is 3.81. The number of hydrogen-bond acceptors (Lipinski definition) is 5. The zero-order chi connectivity index (χ0) is 21.3. The summed E-state index contributed by atoms with van der Waals surface area (Å²) in [6, 6.07) is 13.3. The summed E-state index contributed by atoms with van der Waals surface area (Å²) in [6.07, 6.45) is -0.757. The lowest BCUT2D eigenvalue weighted by atomic mass is 9.75. The van der Waals surface area contributed by atoms with Gasteiger partial charge in [-0.1, -0.05) is 45.9 Å². The third kappa shape index (κ3) is 4.01. The Morgan fingerprint density at radius 3 is 2.77 bits per heavy atom. The predicted molar refractivity (Wildman–Crippen MR) is 115 cm³/mol. The van der Waals surface area contributed by atoms with Crippen LogP contribution in [0.15, 0.2) is 58.0 Å². The number of nitrogens with one attached hydrogen (secondary N) is 1. The van der Waals surface area contributed by atoms with E-state index in [9.17, 15) is 19.1 Å². The van der Waals surface area contributed by atoms with Crippen LogP contribution in [0.2, 0.25) is 0 Å². The largest absolute Gasteiger partial charge is 0.479 e. The maximum atomic E-state index is 14.9. The molecule has 30 heavy (non-hydrogen) atoms. The van der Waals surface area contributed by atoms with Crippen molar-refractivity contribution in [3.63, 3.8) is 0 Å². The first kappa shape index (κ1) is 21.0. The van der Waals surface area contributed by atoms with Crippen LogP contribution in [-0.4, -0.2) is 40.6 Å². The molecule has 2 aliphatic heterocycles. The van der Waals surface area contributed by atoms with E-state index in [2.05, 4.69) is 21.2 Å². The maximum Gasteiger partial charge on any atom is 0.332 e. The summed E-state index contributed by atoms with van der Waals surface area (Å²) in [5.74, 6) is -1.60. The molecule has 2 aliphatic rings. The highest BCUT2D eigenvalue weighted by atomic mass is 79.9. The highest BCUT2D eigenvalue weighted by molar-refractivity contribution is 9.10. The third-order valence-corrected chi connectivity index (χ3v) is 6.86. The summed E-state index contributed by atoms with van der Waals surface area (Å²) in [6.45, 7) is -0.0900. The second kappa shape index (κ2) is 8.49. The van der Waals surface area contributed by atoms with Crippen molar-refractivity contribution in [2.45, 2.75) is 18.1 Å². The Balaban J connectivity index is 1.72. The monoisotopic (exact) mass is 492 g/mol. The number of carboxylic acids is 1. The number of amidine groups is 1. The van der Waals surface area contributed by atoms with E-state index in [1.807, 2.05) is 6.07 Å². The molecule has 6 nitrogen and oxygen atoms in total. The molecule has 0 bridgehead atoms. The molecule has 1 saturated heterocycles. The van der Waals surface area contributed by atoms with Crippen LogP contribution in [0.3, 0.4) is 0 Å². The molecule has 2 aromatic carbocycles.